The molecule has 1 aliphatic carbocycles. The Morgan fingerprint density at radius 3 is 2.43 bits per heavy atom. The number of carboxylic acid groups (broad SMARTS) is 1. The van der Waals surface area contributed by atoms with E-state index in [2.05, 4.69) is 5.32 Å². The predicted molar refractivity (Wildman–Crippen MR) is 109 cm³/mol. The van der Waals surface area contributed by atoms with Gasteiger partial charge >= 0.3 is 5.97 Å². The molecule has 2 aromatic rings. The van der Waals surface area contributed by atoms with Gasteiger partial charge in [-0.1, -0.05) is 54.8 Å². The van der Waals surface area contributed by atoms with Gasteiger partial charge in [-0.3, -0.25) is 9.59 Å². The highest BCUT2D eigenvalue weighted by atomic mass is 35.5. The van der Waals surface area contributed by atoms with Crippen LogP contribution in [0.5, 0.6) is 5.75 Å². The molecule has 0 heterocycles. The molecule has 0 radical (unpaired) electrons. The summed E-state index contributed by atoms with van der Waals surface area (Å²) in [4.78, 5) is 23.7. The minimum Gasteiger partial charge on any atom is -0.487 e. The van der Waals surface area contributed by atoms with Crippen LogP contribution in [0.15, 0.2) is 48.5 Å². The molecule has 0 bridgehead atoms. The number of nitrogens with one attached hydrogen (secondary N) is 1. The van der Waals surface area contributed by atoms with Gasteiger partial charge in [0.15, 0.2) is 0 Å². The van der Waals surface area contributed by atoms with Crippen molar-refractivity contribution in [3.8, 4) is 5.75 Å². The molecule has 0 aliphatic heterocycles. The van der Waals surface area contributed by atoms with Crippen LogP contribution >= 0.6 is 11.6 Å². The van der Waals surface area contributed by atoms with Gasteiger partial charge in [-0.15, -0.1) is 0 Å². The van der Waals surface area contributed by atoms with Gasteiger partial charge in [0, 0.05) is 12.1 Å². The third-order valence-corrected chi connectivity index (χ3v) is 5.47. The van der Waals surface area contributed by atoms with Crippen molar-refractivity contribution in [2.45, 2.75) is 45.1 Å². The number of carbonyl (C=O) groups is 2. The highest BCUT2D eigenvalue weighted by molar-refractivity contribution is 6.32. The lowest BCUT2D eigenvalue weighted by Crippen LogP contribution is -2.27. The number of hydrogen-bond donors (Lipinski definition) is 2. The maximum Gasteiger partial charge on any atom is 0.303 e. The summed E-state index contributed by atoms with van der Waals surface area (Å²) in [6.45, 7) is 0.407. The molecule has 0 spiro atoms. The second-order valence-corrected chi connectivity index (χ2v) is 7.83. The largest absolute Gasteiger partial charge is 0.487 e. The Labute approximate surface area is 169 Å². The molecule has 0 atom stereocenters. The number of anilines is 1. The van der Waals surface area contributed by atoms with Gasteiger partial charge < -0.3 is 15.2 Å². The zero-order chi connectivity index (χ0) is 20.0. The van der Waals surface area contributed by atoms with Gasteiger partial charge in [0.25, 0.3) is 0 Å². The molecule has 5 nitrogen and oxygen atoms in total. The first-order valence-corrected chi connectivity index (χ1v) is 9.82. The quantitative estimate of drug-likeness (QED) is 0.630. The molecule has 3 rings (SSSR count). The van der Waals surface area contributed by atoms with E-state index in [9.17, 15) is 14.7 Å². The molecule has 6 heteroatoms. The van der Waals surface area contributed by atoms with Crippen LogP contribution in [-0.4, -0.2) is 17.0 Å². The van der Waals surface area contributed by atoms with Gasteiger partial charge in [0.05, 0.1) is 11.4 Å². The van der Waals surface area contributed by atoms with Crippen molar-refractivity contribution < 1.29 is 19.4 Å². The standard InChI is InChI=1S/C22H24ClNO4/c23-18-12-17(8-9-19(18)28-15-16-6-2-1-3-7-16)24-20(25)13-22(14-21(26)27)10-4-5-11-22/h1-3,6-9,12H,4-5,10-11,13-15H2,(H,24,25)(H,26,27). The highest BCUT2D eigenvalue weighted by Crippen LogP contribution is 2.44. The van der Waals surface area contributed by atoms with Crippen LogP contribution in [-0.2, 0) is 16.2 Å². The van der Waals surface area contributed by atoms with Crippen LogP contribution in [0.25, 0.3) is 0 Å². The van der Waals surface area contributed by atoms with Crippen molar-refractivity contribution in [1.82, 2.24) is 0 Å². The molecule has 2 N–H and O–H groups in total. The number of aliphatic carboxylic acids is 1. The van der Waals surface area contributed by atoms with Gasteiger partial charge in [-0.05, 0) is 42.0 Å². The Morgan fingerprint density at radius 2 is 1.79 bits per heavy atom. The van der Waals surface area contributed by atoms with E-state index in [0.717, 1.165) is 31.2 Å². The second-order valence-electron chi connectivity index (χ2n) is 7.42. The van der Waals surface area contributed by atoms with Crippen LogP contribution in [0.2, 0.25) is 5.02 Å². The summed E-state index contributed by atoms with van der Waals surface area (Å²) in [5.41, 5.74) is 1.18. The summed E-state index contributed by atoms with van der Waals surface area (Å²) < 4.78 is 5.74. The molecule has 1 aliphatic rings. The lowest BCUT2D eigenvalue weighted by atomic mass is 9.79. The maximum atomic E-state index is 12.5. The zero-order valence-corrected chi connectivity index (χ0v) is 16.4. The SMILES string of the molecule is O=C(O)CC1(CC(=O)Nc2ccc(OCc3ccccc3)c(Cl)c2)CCCC1. The van der Waals surface area contributed by atoms with E-state index >= 15 is 0 Å². The van der Waals surface area contributed by atoms with Crippen molar-refractivity contribution in [1.29, 1.82) is 0 Å². The summed E-state index contributed by atoms with van der Waals surface area (Å²) >= 11 is 6.29. The predicted octanol–water partition coefficient (Wildman–Crippen LogP) is 5.28. The number of carboxylic acids is 1. The first kappa shape index (κ1) is 20.2. The van der Waals surface area contributed by atoms with E-state index in [-0.39, 0.29) is 18.7 Å². The van der Waals surface area contributed by atoms with E-state index in [1.54, 1.807) is 18.2 Å². The van der Waals surface area contributed by atoms with Crippen molar-refractivity contribution in [3.05, 3.63) is 59.1 Å². The van der Waals surface area contributed by atoms with Crippen molar-refractivity contribution >= 4 is 29.2 Å². The Kier molecular flexibility index (Phi) is 6.57. The second kappa shape index (κ2) is 9.11. The Balaban J connectivity index is 1.59. The molecule has 0 unspecified atom stereocenters. The smallest absolute Gasteiger partial charge is 0.303 e. The molecular weight excluding hydrogens is 378 g/mol. The van der Waals surface area contributed by atoms with E-state index in [0.29, 0.717) is 23.1 Å². The third-order valence-electron chi connectivity index (χ3n) is 5.18. The monoisotopic (exact) mass is 401 g/mol. The summed E-state index contributed by atoms with van der Waals surface area (Å²) in [5, 5.41) is 12.4. The molecule has 0 saturated heterocycles. The maximum absolute atomic E-state index is 12.5. The fraction of sp³-hybridized carbons (Fsp3) is 0.364. The topological polar surface area (TPSA) is 75.6 Å². The molecule has 1 saturated carbocycles. The van der Waals surface area contributed by atoms with Crippen molar-refractivity contribution in [3.63, 3.8) is 0 Å². The Morgan fingerprint density at radius 1 is 1.07 bits per heavy atom. The van der Waals surface area contributed by atoms with Crippen LogP contribution in [0.4, 0.5) is 5.69 Å². The third kappa shape index (κ3) is 5.49. The normalized spacial score (nSPS) is 15.2. The average molecular weight is 402 g/mol. The number of hydrogen-bond acceptors (Lipinski definition) is 3. The molecule has 148 valence electrons. The number of benzene rings is 2. The number of ether oxygens (including phenoxy) is 1. The minimum atomic E-state index is -0.849. The summed E-state index contributed by atoms with van der Waals surface area (Å²) in [6.07, 6.45) is 3.75. The number of rotatable bonds is 8. The average Bonchev–Trinajstić information content (AvgIpc) is 3.08. The number of carbonyl (C=O) groups excluding carboxylic acids is 1. The van der Waals surface area contributed by atoms with Gasteiger partial charge in [0.1, 0.15) is 12.4 Å². The minimum absolute atomic E-state index is 0.0352. The van der Waals surface area contributed by atoms with Crippen LogP contribution in [0.3, 0.4) is 0 Å². The highest BCUT2D eigenvalue weighted by Gasteiger charge is 2.38. The fourth-order valence-electron chi connectivity index (χ4n) is 3.84. The Hall–Kier alpha value is -2.53. The fourth-order valence-corrected chi connectivity index (χ4v) is 4.07. The molecule has 1 fully saturated rings. The van der Waals surface area contributed by atoms with Gasteiger partial charge in [0.2, 0.25) is 5.91 Å². The molecular formula is C22H24ClNO4. The van der Waals surface area contributed by atoms with E-state index in [1.807, 2.05) is 30.3 Å². The molecule has 28 heavy (non-hydrogen) atoms. The summed E-state index contributed by atoms with van der Waals surface area (Å²) in [7, 11) is 0. The molecule has 0 aromatic heterocycles. The van der Waals surface area contributed by atoms with Crippen molar-refractivity contribution in [2.75, 3.05) is 5.32 Å². The first-order chi connectivity index (χ1) is 13.5. The van der Waals surface area contributed by atoms with Gasteiger partial charge in [-0.25, -0.2) is 0 Å². The Bertz CT molecular complexity index is 832. The van der Waals surface area contributed by atoms with Crippen LogP contribution in [0.1, 0.15) is 44.1 Å². The van der Waals surface area contributed by atoms with E-state index in [4.69, 9.17) is 16.3 Å². The lowest BCUT2D eigenvalue weighted by molar-refractivity contribution is -0.140. The lowest BCUT2D eigenvalue weighted by Gasteiger charge is -2.26. The first-order valence-electron chi connectivity index (χ1n) is 9.44. The summed E-state index contributed by atoms with van der Waals surface area (Å²) in [6, 6.07) is 14.9. The number of amides is 1. The van der Waals surface area contributed by atoms with Crippen LogP contribution in [0, 0.1) is 5.41 Å². The van der Waals surface area contributed by atoms with Gasteiger partial charge in [-0.2, -0.15) is 0 Å². The van der Waals surface area contributed by atoms with Crippen LogP contribution < -0.4 is 10.1 Å². The van der Waals surface area contributed by atoms with Crippen molar-refractivity contribution in [2.24, 2.45) is 5.41 Å². The van der Waals surface area contributed by atoms with E-state index < -0.39 is 11.4 Å². The summed E-state index contributed by atoms with van der Waals surface area (Å²) in [5.74, 6) is -0.489. The van der Waals surface area contributed by atoms with E-state index in [1.165, 1.54) is 0 Å². The zero-order valence-electron chi connectivity index (χ0n) is 15.6. The molecule has 2 aromatic carbocycles. The molecule has 1 amide bonds. The number of halogens is 1.